The SMILES string of the molecule is N#Cc1ccc(NCc2cc(F)ccc2[N+](=O)[O-])cc1Cl. The summed E-state index contributed by atoms with van der Waals surface area (Å²) in [5.74, 6) is -0.546. The van der Waals surface area contributed by atoms with Crippen LogP contribution in [0.3, 0.4) is 0 Å². The maximum Gasteiger partial charge on any atom is 0.274 e. The highest BCUT2D eigenvalue weighted by atomic mass is 35.5. The fourth-order valence-corrected chi connectivity index (χ4v) is 2.01. The number of rotatable bonds is 4. The summed E-state index contributed by atoms with van der Waals surface area (Å²) in [7, 11) is 0. The first-order valence-electron chi connectivity index (χ1n) is 5.87. The third kappa shape index (κ3) is 3.46. The summed E-state index contributed by atoms with van der Waals surface area (Å²) in [6.45, 7) is 0.0658. The van der Waals surface area contributed by atoms with Crippen LogP contribution in [0.15, 0.2) is 36.4 Å². The Hall–Kier alpha value is -2.65. The van der Waals surface area contributed by atoms with Gasteiger partial charge < -0.3 is 5.32 Å². The third-order valence-electron chi connectivity index (χ3n) is 2.81. The molecule has 0 aromatic heterocycles. The largest absolute Gasteiger partial charge is 0.381 e. The summed E-state index contributed by atoms with van der Waals surface area (Å²) in [5, 5.41) is 22.8. The molecule has 0 fully saturated rings. The molecule has 21 heavy (non-hydrogen) atoms. The standard InChI is InChI=1S/C14H9ClFN3O2/c15-13-6-12(3-1-9(13)7-17)18-8-10-5-11(16)2-4-14(10)19(20)21/h1-6,18H,8H2. The molecule has 0 aliphatic rings. The highest BCUT2D eigenvalue weighted by Gasteiger charge is 2.14. The van der Waals surface area contributed by atoms with Gasteiger partial charge in [-0.05, 0) is 30.3 Å². The molecule has 0 heterocycles. The van der Waals surface area contributed by atoms with Crippen LogP contribution in [0.1, 0.15) is 11.1 Å². The number of anilines is 1. The molecule has 5 nitrogen and oxygen atoms in total. The van der Waals surface area contributed by atoms with Gasteiger partial charge in [0.2, 0.25) is 0 Å². The van der Waals surface area contributed by atoms with Gasteiger partial charge in [0.1, 0.15) is 11.9 Å². The number of hydrogen-bond acceptors (Lipinski definition) is 4. The Kier molecular flexibility index (Phi) is 4.36. The number of hydrogen-bond donors (Lipinski definition) is 1. The molecule has 2 aromatic rings. The second-order valence-electron chi connectivity index (χ2n) is 4.19. The second-order valence-corrected chi connectivity index (χ2v) is 4.60. The molecule has 106 valence electrons. The number of nitrogens with zero attached hydrogens (tertiary/aromatic N) is 2. The molecule has 0 unspecified atom stereocenters. The van der Waals surface area contributed by atoms with E-state index >= 15 is 0 Å². The van der Waals surface area contributed by atoms with Gasteiger partial charge in [-0.1, -0.05) is 11.6 Å². The average Bonchev–Trinajstić information content (AvgIpc) is 2.45. The van der Waals surface area contributed by atoms with Crippen LogP contribution in [-0.4, -0.2) is 4.92 Å². The molecule has 0 aliphatic carbocycles. The van der Waals surface area contributed by atoms with Gasteiger partial charge in [-0.3, -0.25) is 10.1 Å². The van der Waals surface area contributed by atoms with Gasteiger partial charge >= 0.3 is 0 Å². The maximum absolute atomic E-state index is 13.2. The quantitative estimate of drug-likeness (QED) is 0.687. The molecule has 0 radical (unpaired) electrons. The van der Waals surface area contributed by atoms with E-state index in [0.717, 1.165) is 18.2 Å². The van der Waals surface area contributed by atoms with Gasteiger partial charge in [0, 0.05) is 18.3 Å². The van der Waals surface area contributed by atoms with Gasteiger partial charge in [-0.15, -0.1) is 0 Å². The number of benzene rings is 2. The molecule has 2 aromatic carbocycles. The zero-order chi connectivity index (χ0) is 15.4. The Morgan fingerprint density at radius 3 is 2.71 bits per heavy atom. The molecule has 1 N–H and O–H groups in total. The normalized spacial score (nSPS) is 9.95. The molecular formula is C14H9ClFN3O2. The van der Waals surface area contributed by atoms with Gasteiger partial charge in [0.05, 0.1) is 21.1 Å². The Bertz CT molecular complexity index is 743. The smallest absolute Gasteiger partial charge is 0.274 e. The van der Waals surface area contributed by atoms with Crippen molar-refractivity contribution in [2.24, 2.45) is 0 Å². The lowest BCUT2D eigenvalue weighted by atomic mass is 10.1. The Morgan fingerprint density at radius 2 is 2.10 bits per heavy atom. The lowest BCUT2D eigenvalue weighted by Crippen LogP contribution is -2.04. The summed E-state index contributed by atoms with van der Waals surface area (Å²) in [4.78, 5) is 10.3. The number of nitro benzene ring substituents is 1. The van der Waals surface area contributed by atoms with Gasteiger partial charge in [-0.25, -0.2) is 4.39 Å². The number of halogens is 2. The number of nitriles is 1. The van der Waals surface area contributed by atoms with E-state index in [0.29, 0.717) is 11.3 Å². The lowest BCUT2D eigenvalue weighted by molar-refractivity contribution is -0.385. The summed E-state index contributed by atoms with van der Waals surface area (Å²) >= 11 is 5.89. The Balaban J connectivity index is 2.20. The first-order chi connectivity index (χ1) is 10.0. The van der Waals surface area contributed by atoms with E-state index in [1.807, 2.05) is 6.07 Å². The van der Waals surface area contributed by atoms with Gasteiger partial charge in [0.25, 0.3) is 5.69 Å². The summed E-state index contributed by atoms with van der Waals surface area (Å²) in [6, 6.07) is 9.89. The van der Waals surface area contributed by atoms with E-state index in [-0.39, 0.29) is 22.8 Å². The summed E-state index contributed by atoms with van der Waals surface area (Å²) in [6.07, 6.45) is 0. The fourth-order valence-electron chi connectivity index (χ4n) is 1.79. The van der Waals surface area contributed by atoms with Crippen molar-refractivity contribution in [3.05, 3.63) is 68.5 Å². The molecule has 0 spiro atoms. The van der Waals surface area contributed by atoms with Crippen LogP contribution in [-0.2, 0) is 6.54 Å². The zero-order valence-corrected chi connectivity index (χ0v) is 11.4. The maximum atomic E-state index is 13.2. The van der Waals surface area contributed by atoms with Crippen LogP contribution in [0, 0.1) is 27.3 Å². The molecule has 0 aliphatic heterocycles. The van der Waals surface area contributed by atoms with E-state index in [2.05, 4.69) is 5.32 Å². The fraction of sp³-hybridized carbons (Fsp3) is 0.0714. The van der Waals surface area contributed by atoms with Gasteiger partial charge in [0.15, 0.2) is 0 Å². The van der Waals surface area contributed by atoms with Crippen LogP contribution >= 0.6 is 11.6 Å². The van der Waals surface area contributed by atoms with Crippen LogP contribution in [0.4, 0.5) is 15.8 Å². The van der Waals surface area contributed by atoms with E-state index in [9.17, 15) is 14.5 Å². The number of nitrogens with one attached hydrogen (secondary N) is 1. The predicted molar refractivity (Wildman–Crippen MR) is 76.5 cm³/mol. The van der Waals surface area contributed by atoms with Crippen molar-refractivity contribution in [1.29, 1.82) is 5.26 Å². The van der Waals surface area contributed by atoms with Crippen molar-refractivity contribution in [3.63, 3.8) is 0 Å². The van der Waals surface area contributed by atoms with E-state index in [1.165, 1.54) is 12.1 Å². The van der Waals surface area contributed by atoms with Crippen molar-refractivity contribution in [2.45, 2.75) is 6.54 Å². The molecule has 0 saturated carbocycles. The van der Waals surface area contributed by atoms with Crippen molar-refractivity contribution < 1.29 is 9.31 Å². The highest BCUT2D eigenvalue weighted by molar-refractivity contribution is 6.32. The Labute approximate surface area is 124 Å². The van der Waals surface area contributed by atoms with Crippen molar-refractivity contribution in [2.75, 3.05) is 5.32 Å². The van der Waals surface area contributed by atoms with E-state index in [4.69, 9.17) is 16.9 Å². The van der Waals surface area contributed by atoms with Crippen molar-refractivity contribution in [3.8, 4) is 6.07 Å². The van der Waals surface area contributed by atoms with Crippen LogP contribution < -0.4 is 5.32 Å². The highest BCUT2D eigenvalue weighted by Crippen LogP contribution is 2.23. The van der Waals surface area contributed by atoms with E-state index in [1.54, 1.807) is 6.07 Å². The number of nitro groups is 1. The minimum atomic E-state index is -0.567. The zero-order valence-electron chi connectivity index (χ0n) is 10.6. The topological polar surface area (TPSA) is 79.0 Å². The minimum Gasteiger partial charge on any atom is -0.381 e. The first-order valence-corrected chi connectivity index (χ1v) is 6.25. The minimum absolute atomic E-state index is 0.0658. The molecule has 0 saturated heterocycles. The molecule has 2 rings (SSSR count). The predicted octanol–water partition coefficient (Wildman–Crippen LogP) is 3.87. The average molecular weight is 306 g/mol. The summed E-state index contributed by atoms with van der Waals surface area (Å²) < 4.78 is 13.2. The first kappa shape index (κ1) is 14.8. The Morgan fingerprint density at radius 1 is 1.33 bits per heavy atom. The second kappa shape index (κ2) is 6.20. The van der Waals surface area contributed by atoms with Crippen LogP contribution in [0.5, 0.6) is 0 Å². The summed E-state index contributed by atoms with van der Waals surface area (Å²) in [5.41, 5.74) is 0.973. The molecule has 0 amide bonds. The van der Waals surface area contributed by atoms with Crippen LogP contribution in [0.25, 0.3) is 0 Å². The molecular weight excluding hydrogens is 297 g/mol. The van der Waals surface area contributed by atoms with E-state index < -0.39 is 10.7 Å². The van der Waals surface area contributed by atoms with Crippen LogP contribution in [0.2, 0.25) is 5.02 Å². The molecule has 0 atom stereocenters. The lowest BCUT2D eigenvalue weighted by Gasteiger charge is -2.08. The third-order valence-corrected chi connectivity index (χ3v) is 3.12. The molecule has 0 bridgehead atoms. The van der Waals surface area contributed by atoms with Gasteiger partial charge in [-0.2, -0.15) is 5.26 Å². The van der Waals surface area contributed by atoms with Crippen molar-refractivity contribution in [1.82, 2.24) is 0 Å². The monoisotopic (exact) mass is 305 g/mol. The molecule has 7 heteroatoms. The van der Waals surface area contributed by atoms with Crippen molar-refractivity contribution >= 4 is 23.0 Å².